The van der Waals surface area contributed by atoms with Gasteiger partial charge in [0, 0.05) is 23.0 Å². The Morgan fingerprint density at radius 2 is 1.67 bits per heavy atom. The van der Waals surface area contributed by atoms with Gasteiger partial charge in [-0.05, 0) is 53.1 Å². The van der Waals surface area contributed by atoms with Gasteiger partial charge in [-0.1, -0.05) is 35.9 Å². The quantitative estimate of drug-likeness (QED) is 0.425. The molecule has 9 heteroatoms. The van der Waals surface area contributed by atoms with Crippen LogP contribution in [-0.2, 0) is 6.61 Å². The highest BCUT2D eigenvalue weighted by Crippen LogP contribution is 2.40. The molecular formula is C24H15ClN6O2. The molecule has 0 unspecified atom stereocenters. The van der Waals surface area contributed by atoms with E-state index in [2.05, 4.69) is 26.3 Å². The molecule has 0 atom stereocenters. The second-order valence-corrected chi connectivity index (χ2v) is 7.60. The minimum Gasteiger partial charge on any atom is -0.471 e. The number of aromatic nitrogens is 5. The first-order valence-corrected chi connectivity index (χ1v) is 10.3. The first-order valence-electron chi connectivity index (χ1n) is 9.93. The molecule has 0 spiro atoms. The van der Waals surface area contributed by atoms with E-state index < -0.39 is 5.69 Å². The van der Waals surface area contributed by atoms with Crippen molar-refractivity contribution in [2.75, 3.05) is 0 Å². The lowest BCUT2D eigenvalue weighted by molar-refractivity contribution is 0.290. The highest BCUT2D eigenvalue weighted by Gasteiger charge is 2.22. The lowest BCUT2D eigenvalue weighted by Crippen LogP contribution is -2.14. The van der Waals surface area contributed by atoms with Crippen molar-refractivity contribution in [3.05, 3.63) is 99.7 Å². The van der Waals surface area contributed by atoms with Crippen molar-refractivity contribution in [1.82, 2.24) is 24.8 Å². The molecule has 0 aliphatic rings. The maximum absolute atomic E-state index is 12.4. The zero-order valence-corrected chi connectivity index (χ0v) is 17.8. The van der Waals surface area contributed by atoms with Gasteiger partial charge in [0.2, 0.25) is 5.88 Å². The number of H-pyrrole nitrogens is 1. The average molecular weight is 455 g/mol. The Labute approximate surface area is 192 Å². The van der Waals surface area contributed by atoms with Crippen LogP contribution in [0.1, 0.15) is 11.1 Å². The molecule has 0 amide bonds. The van der Waals surface area contributed by atoms with Gasteiger partial charge >= 0.3 is 5.69 Å². The molecule has 5 rings (SSSR count). The van der Waals surface area contributed by atoms with Gasteiger partial charge in [-0.2, -0.15) is 14.9 Å². The van der Waals surface area contributed by atoms with Crippen molar-refractivity contribution in [3.8, 4) is 34.2 Å². The molecule has 0 fully saturated rings. The summed E-state index contributed by atoms with van der Waals surface area (Å²) < 4.78 is 7.32. The summed E-state index contributed by atoms with van der Waals surface area (Å²) in [5.41, 5.74) is 4.22. The Kier molecular flexibility index (Phi) is 5.30. The van der Waals surface area contributed by atoms with Gasteiger partial charge in [-0.3, -0.25) is 4.98 Å². The Morgan fingerprint density at radius 3 is 2.36 bits per heavy atom. The van der Waals surface area contributed by atoms with Crippen LogP contribution in [0.5, 0.6) is 5.88 Å². The molecule has 33 heavy (non-hydrogen) atoms. The Balaban J connectivity index is 1.72. The molecule has 0 aliphatic carbocycles. The number of pyridine rings is 1. The summed E-state index contributed by atoms with van der Waals surface area (Å²) in [6, 6.07) is 20.1. The number of ether oxygens (including phenoxy) is 1. The number of fused-ring (bicyclic) bond motifs is 1. The maximum atomic E-state index is 12.4. The van der Waals surface area contributed by atoms with Crippen LogP contribution in [0.15, 0.2) is 77.9 Å². The predicted molar refractivity (Wildman–Crippen MR) is 123 cm³/mol. The monoisotopic (exact) mass is 454 g/mol. The predicted octanol–water partition coefficient (Wildman–Crippen LogP) is 4.25. The Bertz CT molecular complexity index is 1540. The Hall–Kier alpha value is -4.48. The highest BCUT2D eigenvalue weighted by atomic mass is 35.5. The summed E-state index contributed by atoms with van der Waals surface area (Å²) in [5.74, 6) is 0.254. The van der Waals surface area contributed by atoms with Gasteiger partial charge < -0.3 is 4.74 Å². The van der Waals surface area contributed by atoms with Crippen molar-refractivity contribution >= 4 is 17.2 Å². The second-order valence-electron chi connectivity index (χ2n) is 7.16. The van der Waals surface area contributed by atoms with Crippen LogP contribution in [0.2, 0.25) is 5.02 Å². The summed E-state index contributed by atoms with van der Waals surface area (Å²) in [6.45, 7) is 0.188. The van der Waals surface area contributed by atoms with E-state index in [0.29, 0.717) is 27.4 Å². The molecule has 1 N–H and O–H groups in total. The fraction of sp³-hybridized carbons (Fsp3) is 0.0417. The largest absolute Gasteiger partial charge is 0.471 e. The number of hydrogen-bond acceptors (Lipinski definition) is 6. The smallest absolute Gasteiger partial charge is 0.364 e. The van der Waals surface area contributed by atoms with Crippen molar-refractivity contribution in [1.29, 1.82) is 5.26 Å². The van der Waals surface area contributed by atoms with Crippen LogP contribution in [0.3, 0.4) is 0 Å². The number of halogens is 1. The molecule has 8 nitrogen and oxygen atoms in total. The summed E-state index contributed by atoms with van der Waals surface area (Å²) in [6.07, 6.45) is 3.33. The van der Waals surface area contributed by atoms with Crippen LogP contribution >= 0.6 is 11.6 Å². The summed E-state index contributed by atoms with van der Waals surface area (Å²) >= 11 is 6.12. The second kappa shape index (κ2) is 8.57. The van der Waals surface area contributed by atoms with Crippen LogP contribution in [0, 0.1) is 11.3 Å². The number of nitrogens with one attached hydrogen (secondary N) is 1. The van der Waals surface area contributed by atoms with Crippen molar-refractivity contribution < 1.29 is 4.74 Å². The number of nitriles is 1. The first-order chi connectivity index (χ1) is 16.1. The zero-order valence-electron chi connectivity index (χ0n) is 17.1. The number of benzene rings is 2. The third-order valence-corrected chi connectivity index (χ3v) is 5.34. The van der Waals surface area contributed by atoms with Gasteiger partial charge in [0.05, 0.1) is 17.2 Å². The molecule has 0 radical (unpaired) electrons. The Morgan fingerprint density at radius 1 is 0.970 bits per heavy atom. The number of nitrogens with zero attached hydrogens (tertiary/aromatic N) is 5. The fourth-order valence-electron chi connectivity index (χ4n) is 3.51. The molecule has 2 aromatic carbocycles. The van der Waals surface area contributed by atoms with E-state index in [0.717, 1.165) is 16.7 Å². The van der Waals surface area contributed by atoms with Gasteiger partial charge in [0.15, 0.2) is 5.65 Å². The molecular weight excluding hydrogens is 440 g/mol. The van der Waals surface area contributed by atoms with Gasteiger partial charge in [-0.15, -0.1) is 5.10 Å². The third kappa shape index (κ3) is 3.93. The molecule has 5 aromatic rings. The molecule has 160 valence electrons. The molecule has 3 heterocycles. The number of hydrogen-bond donors (Lipinski definition) is 1. The van der Waals surface area contributed by atoms with E-state index in [1.807, 2.05) is 36.4 Å². The van der Waals surface area contributed by atoms with E-state index in [4.69, 9.17) is 21.6 Å². The summed E-state index contributed by atoms with van der Waals surface area (Å²) in [7, 11) is 0. The first kappa shape index (κ1) is 20.4. The number of rotatable bonds is 5. The highest BCUT2D eigenvalue weighted by molar-refractivity contribution is 6.30. The van der Waals surface area contributed by atoms with E-state index in [9.17, 15) is 4.79 Å². The van der Waals surface area contributed by atoms with E-state index in [1.54, 1.807) is 36.7 Å². The van der Waals surface area contributed by atoms with Gasteiger partial charge in [0.25, 0.3) is 0 Å². The minimum absolute atomic E-state index is 0.188. The van der Waals surface area contributed by atoms with Crippen LogP contribution in [-0.4, -0.2) is 24.8 Å². The zero-order chi connectivity index (χ0) is 22.8. The summed E-state index contributed by atoms with van der Waals surface area (Å²) in [5, 5.41) is 20.7. The topological polar surface area (TPSA) is 109 Å². The van der Waals surface area contributed by atoms with Crippen molar-refractivity contribution in [2.24, 2.45) is 0 Å². The van der Waals surface area contributed by atoms with Crippen LogP contribution in [0.4, 0.5) is 0 Å². The normalized spacial score (nSPS) is 10.8. The standard InChI is InChI=1S/C24H15ClN6O2/c25-19-7-5-17(6-8-19)21-20(18-9-11-27-12-10-18)22-28-29-24(32)31(22)30-23(21)33-14-16-3-1-15(13-26)2-4-16/h1-12H,14H2,(H,29,32). The van der Waals surface area contributed by atoms with E-state index in [1.165, 1.54) is 4.52 Å². The van der Waals surface area contributed by atoms with Gasteiger partial charge in [0.1, 0.15) is 6.61 Å². The lowest BCUT2D eigenvalue weighted by atomic mass is 9.97. The third-order valence-electron chi connectivity index (χ3n) is 5.09. The van der Waals surface area contributed by atoms with E-state index >= 15 is 0 Å². The van der Waals surface area contributed by atoms with E-state index in [-0.39, 0.29) is 12.5 Å². The maximum Gasteiger partial charge on any atom is 0.364 e. The molecule has 0 bridgehead atoms. The molecule has 3 aromatic heterocycles. The fourth-order valence-corrected chi connectivity index (χ4v) is 3.64. The van der Waals surface area contributed by atoms with Crippen LogP contribution in [0.25, 0.3) is 27.9 Å². The minimum atomic E-state index is -0.480. The average Bonchev–Trinajstić information content (AvgIpc) is 3.23. The molecule has 0 saturated heterocycles. The number of aromatic amines is 1. The summed E-state index contributed by atoms with van der Waals surface area (Å²) in [4.78, 5) is 16.5. The molecule has 0 saturated carbocycles. The van der Waals surface area contributed by atoms with Crippen molar-refractivity contribution in [2.45, 2.75) is 6.61 Å². The lowest BCUT2D eigenvalue weighted by Gasteiger charge is -2.16. The van der Waals surface area contributed by atoms with Crippen LogP contribution < -0.4 is 10.4 Å². The van der Waals surface area contributed by atoms with Gasteiger partial charge in [-0.25, -0.2) is 9.89 Å². The SMILES string of the molecule is N#Cc1ccc(COc2nn3c(=O)[nH]nc3c(-c3ccncc3)c2-c2ccc(Cl)cc2)cc1. The molecule has 0 aliphatic heterocycles. The van der Waals surface area contributed by atoms with Crippen molar-refractivity contribution in [3.63, 3.8) is 0 Å².